The third kappa shape index (κ3) is 1.19. The van der Waals surface area contributed by atoms with Gasteiger partial charge in [-0.15, -0.1) is 0 Å². The van der Waals surface area contributed by atoms with Crippen LogP contribution in [0.1, 0.15) is 42.4 Å². The van der Waals surface area contributed by atoms with Crippen LogP contribution in [0.4, 0.5) is 5.69 Å². The van der Waals surface area contributed by atoms with Gasteiger partial charge in [0, 0.05) is 33.3 Å². The van der Waals surface area contributed by atoms with Crippen molar-refractivity contribution in [2.45, 2.75) is 31.1 Å². The Morgan fingerprint density at radius 2 is 2.06 bits per heavy atom. The topological polar surface area (TPSA) is 38.9 Å². The molecule has 2 bridgehead atoms. The average Bonchev–Trinajstić information content (AvgIpc) is 2.91. The van der Waals surface area contributed by atoms with Crippen molar-refractivity contribution in [3.05, 3.63) is 34.5 Å². The first kappa shape index (κ1) is 9.72. The van der Waals surface area contributed by atoms with Crippen LogP contribution in [0.5, 0.6) is 0 Å². The molecule has 1 saturated carbocycles. The van der Waals surface area contributed by atoms with Gasteiger partial charge in [-0.2, -0.15) is 0 Å². The molecule has 2 N–H and O–H groups in total. The van der Waals surface area contributed by atoms with E-state index in [1.807, 2.05) is 18.2 Å². The summed E-state index contributed by atoms with van der Waals surface area (Å²) in [4.78, 5) is 4.80. The summed E-state index contributed by atoms with van der Waals surface area (Å²) in [6, 6.07) is 5.79. The predicted octanol–water partition coefficient (Wildman–Crippen LogP) is 3.84. The molecule has 2 nitrogen and oxygen atoms in total. The minimum absolute atomic E-state index is 0.644. The SMILES string of the molecule is Nc1c2c(nc3ccc(Cl)cc13)[C@H]1CC[C@H]2C1. The van der Waals surface area contributed by atoms with Gasteiger partial charge in [0.25, 0.3) is 0 Å². The second kappa shape index (κ2) is 3.14. The Labute approximate surface area is 105 Å². The number of nitrogens with two attached hydrogens (primary N) is 1. The fraction of sp³-hybridized carbons (Fsp3) is 0.357. The van der Waals surface area contributed by atoms with Crippen LogP contribution in [0.15, 0.2) is 18.2 Å². The third-order valence-corrected chi connectivity index (χ3v) is 4.52. The quantitative estimate of drug-likeness (QED) is 0.765. The zero-order chi connectivity index (χ0) is 11.6. The molecule has 0 amide bonds. The lowest BCUT2D eigenvalue weighted by molar-refractivity contribution is 0.702. The first-order valence-electron chi connectivity index (χ1n) is 6.12. The number of anilines is 1. The molecule has 0 saturated heterocycles. The van der Waals surface area contributed by atoms with Crippen molar-refractivity contribution in [3.63, 3.8) is 0 Å². The van der Waals surface area contributed by atoms with Gasteiger partial charge in [-0.25, -0.2) is 0 Å². The predicted molar refractivity (Wildman–Crippen MR) is 70.5 cm³/mol. The first-order valence-corrected chi connectivity index (χ1v) is 6.50. The van der Waals surface area contributed by atoms with Gasteiger partial charge >= 0.3 is 0 Å². The van der Waals surface area contributed by atoms with Crippen LogP contribution in [0.2, 0.25) is 5.02 Å². The van der Waals surface area contributed by atoms with Crippen LogP contribution >= 0.6 is 11.6 Å². The number of halogens is 1. The molecule has 2 aliphatic carbocycles. The Kier molecular flexibility index (Phi) is 1.79. The number of benzene rings is 1. The van der Waals surface area contributed by atoms with E-state index in [0.717, 1.165) is 21.6 Å². The van der Waals surface area contributed by atoms with Gasteiger partial charge in [0.05, 0.1) is 5.52 Å². The molecule has 86 valence electrons. The number of nitrogens with zero attached hydrogens (tertiary/aromatic N) is 1. The number of rotatable bonds is 0. The Hall–Kier alpha value is -1.28. The van der Waals surface area contributed by atoms with E-state index in [1.165, 1.54) is 30.5 Å². The van der Waals surface area contributed by atoms with Gasteiger partial charge in [-0.3, -0.25) is 4.98 Å². The summed E-state index contributed by atoms with van der Waals surface area (Å²) in [5, 5.41) is 1.75. The lowest BCUT2D eigenvalue weighted by atomic mass is 9.93. The molecule has 3 heteroatoms. The van der Waals surface area contributed by atoms with E-state index in [-0.39, 0.29) is 0 Å². The monoisotopic (exact) mass is 244 g/mol. The van der Waals surface area contributed by atoms with Crippen LogP contribution in [-0.4, -0.2) is 4.98 Å². The van der Waals surface area contributed by atoms with E-state index >= 15 is 0 Å². The van der Waals surface area contributed by atoms with E-state index in [4.69, 9.17) is 22.3 Å². The molecule has 1 heterocycles. The number of nitrogen functional groups attached to an aromatic ring is 1. The van der Waals surface area contributed by atoms with E-state index in [0.29, 0.717) is 11.8 Å². The van der Waals surface area contributed by atoms with Crippen molar-refractivity contribution < 1.29 is 0 Å². The van der Waals surface area contributed by atoms with Crippen molar-refractivity contribution in [3.8, 4) is 0 Å². The van der Waals surface area contributed by atoms with Crippen molar-refractivity contribution in [1.29, 1.82) is 0 Å². The smallest absolute Gasteiger partial charge is 0.0727 e. The molecule has 2 aromatic rings. The molecule has 1 aromatic carbocycles. The molecule has 0 unspecified atom stereocenters. The summed E-state index contributed by atoms with van der Waals surface area (Å²) >= 11 is 6.04. The maximum atomic E-state index is 6.33. The highest BCUT2D eigenvalue weighted by molar-refractivity contribution is 6.31. The Balaban J connectivity index is 2.10. The molecule has 2 aliphatic rings. The molecule has 2 atom stereocenters. The van der Waals surface area contributed by atoms with Gasteiger partial charge in [0.1, 0.15) is 0 Å². The fourth-order valence-corrected chi connectivity index (χ4v) is 3.70. The van der Waals surface area contributed by atoms with Crippen molar-refractivity contribution in [2.24, 2.45) is 0 Å². The van der Waals surface area contributed by atoms with Crippen LogP contribution in [0.25, 0.3) is 10.9 Å². The summed E-state index contributed by atoms with van der Waals surface area (Å²) in [7, 11) is 0. The number of pyridine rings is 1. The molecular formula is C14H13ClN2. The summed E-state index contributed by atoms with van der Waals surface area (Å²) in [5.74, 6) is 1.29. The maximum absolute atomic E-state index is 6.33. The number of fused-ring (bicyclic) bond motifs is 6. The molecule has 1 fully saturated rings. The second-order valence-corrected chi connectivity index (χ2v) is 5.63. The van der Waals surface area contributed by atoms with Gasteiger partial charge < -0.3 is 5.73 Å². The molecule has 1 aromatic heterocycles. The average molecular weight is 245 g/mol. The van der Waals surface area contributed by atoms with Crippen LogP contribution in [-0.2, 0) is 0 Å². The van der Waals surface area contributed by atoms with Crippen LogP contribution < -0.4 is 5.73 Å². The lowest BCUT2D eigenvalue weighted by Gasteiger charge is -2.18. The normalized spacial score (nSPS) is 25.5. The van der Waals surface area contributed by atoms with Gasteiger partial charge in [0.2, 0.25) is 0 Å². The largest absolute Gasteiger partial charge is 0.398 e. The summed E-state index contributed by atoms with van der Waals surface area (Å²) in [6.07, 6.45) is 3.80. The zero-order valence-electron chi connectivity index (χ0n) is 9.41. The number of hydrogen-bond donors (Lipinski definition) is 1. The minimum atomic E-state index is 0.644. The van der Waals surface area contributed by atoms with E-state index in [9.17, 15) is 0 Å². The Morgan fingerprint density at radius 3 is 2.94 bits per heavy atom. The standard InChI is InChI=1S/C14H13ClN2/c15-9-3-4-11-10(6-9)13(16)12-7-1-2-8(5-7)14(12)17-11/h3-4,6-8H,1-2,5H2,(H2,16,17)/t7-,8-/m0/s1. The highest BCUT2D eigenvalue weighted by Gasteiger charge is 2.39. The molecule has 4 rings (SSSR count). The Bertz CT molecular complexity index is 636. The fourth-order valence-electron chi connectivity index (χ4n) is 3.53. The van der Waals surface area contributed by atoms with Crippen molar-refractivity contribution in [1.82, 2.24) is 4.98 Å². The second-order valence-electron chi connectivity index (χ2n) is 5.19. The number of aromatic nitrogens is 1. The van der Waals surface area contributed by atoms with Crippen LogP contribution in [0, 0.1) is 0 Å². The molecule has 0 aliphatic heterocycles. The zero-order valence-corrected chi connectivity index (χ0v) is 10.2. The third-order valence-electron chi connectivity index (χ3n) is 4.28. The number of hydrogen-bond acceptors (Lipinski definition) is 2. The lowest BCUT2D eigenvalue weighted by Crippen LogP contribution is -2.06. The highest BCUT2D eigenvalue weighted by atomic mass is 35.5. The summed E-state index contributed by atoms with van der Waals surface area (Å²) in [6.45, 7) is 0. The van der Waals surface area contributed by atoms with E-state index < -0.39 is 0 Å². The molecule has 17 heavy (non-hydrogen) atoms. The summed E-state index contributed by atoms with van der Waals surface area (Å²) in [5.41, 5.74) is 10.8. The molecular weight excluding hydrogens is 232 g/mol. The van der Waals surface area contributed by atoms with E-state index in [2.05, 4.69) is 0 Å². The Morgan fingerprint density at radius 1 is 1.24 bits per heavy atom. The summed E-state index contributed by atoms with van der Waals surface area (Å²) < 4.78 is 0. The van der Waals surface area contributed by atoms with Gasteiger partial charge in [0.15, 0.2) is 0 Å². The van der Waals surface area contributed by atoms with Crippen LogP contribution in [0.3, 0.4) is 0 Å². The van der Waals surface area contributed by atoms with Gasteiger partial charge in [-0.05, 0) is 43.4 Å². The van der Waals surface area contributed by atoms with E-state index in [1.54, 1.807) is 0 Å². The van der Waals surface area contributed by atoms with Crippen molar-refractivity contribution >= 4 is 28.2 Å². The van der Waals surface area contributed by atoms with Gasteiger partial charge in [-0.1, -0.05) is 11.6 Å². The first-order chi connectivity index (χ1) is 8.24. The minimum Gasteiger partial charge on any atom is -0.398 e. The molecule has 0 radical (unpaired) electrons. The maximum Gasteiger partial charge on any atom is 0.0727 e. The molecule has 0 spiro atoms. The van der Waals surface area contributed by atoms with Crippen molar-refractivity contribution in [2.75, 3.05) is 5.73 Å². The highest BCUT2D eigenvalue weighted by Crippen LogP contribution is 2.55.